The fourth-order valence-corrected chi connectivity index (χ4v) is 6.14. The van der Waals surface area contributed by atoms with Crippen molar-refractivity contribution in [2.75, 3.05) is 16.4 Å². The van der Waals surface area contributed by atoms with E-state index in [0.717, 1.165) is 20.7 Å². The molecule has 0 saturated heterocycles. The van der Waals surface area contributed by atoms with Crippen LogP contribution >= 0.6 is 46.3 Å². The van der Waals surface area contributed by atoms with Crippen molar-refractivity contribution in [3.8, 4) is 0 Å². The fourth-order valence-electron chi connectivity index (χ4n) is 3.96. The van der Waals surface area contributed by atoms with Crippen LogP contribution in [0.3, 0.4) is 0 Å². The molecule has 1 heterocycles. The molecule has 0 fully saturated rings. The van der Waals surface area contributed by atoms with Gasteiger partial charge in [0.05, 0.1) is 16.0 Å². The zero-order chi connectivity index (χ0) is 30.3. The second kappa shape index (κ2) is 13.9. The lowest BCUT2D eigenvalue weighted by Gasteiger charge is -2.13. The average molecular weight is 648 g/mol. The number of carbonyl (C=O) groups is 3. The van der Waals surface area contributed by atoms with Crippen molar-refractivity contribution in [3.63, 3.8) is 0 Å². The topological polar surface area (TPSA) is 100 Å². The van der Waals surface area contributed by atoms with Gasteiger partial charge in [-0.15, -0.1) is 11.8 Å². The van der Waals surface area contributed by atoms with Gasteiger partial charge in [0, 0.05) is 31.8 Å². The summed E-state index contributed by atoms with van der Waals surface area (Å²) in [6, 6.07) is 26.5. The Labute approximate surface area is 266 Å². The Bertz CT molecular complexity index is 1820. The minimum absolute atomic E-state index is 0.0380. The molecular formula is C32H24Cl2N4O3S2. The monoisotopic (exact) mass is 646 g/mol. The van der Waals surface area contributed by atoms with Crippen molar-refractivity contribution in [1.29, 1.82) is 0 Å². The van der Waals surface area contributed by atoms with E-state index in [0.29, 0.717) is 32.0 Å². The summed E-state index contributed by atoms with van der Waals surface area (Å²) >= 11 is 15.4. The predicted molar refractivity (Wildman–Crippen MR) is 177 cm³/mol. The number of thiazole rings is 1. The minimum atomic E-state index is -0.564. The summed E-state index contributed by atoms with van der Waals surface area (Å²) in [5.41, 5.74) is 3.23. The highest BCUT2D eigenvalue weighted by molar-refractivity contribution is 8.00. The maximum atomic E-state index is 13.3. The van der Waals surface area contributed by atoms with Gasteiger partial charge >= 0.3 is 0 Å². The van der Waals surface area contributed by atoms with E-state index in [1.807, 2.05) is 25.1 Å². The maximum Gasteiger partial charge on any atom is 0.272 e. The lowest BCUT2D eigenvalue weighted by Crippen LogP contribution is -2.30. The molecule has 5 aromatic rings. The zero-order valence-electron chi connectivity index (χ0n) is 22.7. The standard InChI is InChI=1S/C32H24Cl2N4O3S2/c1-19-10-15-26-28(16-19)43-32(37-26)38-29(39)18-42-22-13-11-21(12-14-22)35-31(41)27(17-23-24(33)8-5-9-25(23)34)36-30(40)20-6-3-2-4-7-20/h2-17H,18H2,1H3,(H,35,41)(H,36,40)(H,37,38,39)/b27-17-. The third kappa shape index (κ3) is 8.03. The number of benzene rings is 4. The van der Waals surface area contributed by atoms with Gasteiger partial charge < -0.3 is 16.0 Å². The summed E-state index contributed by atoms with van der Waals surface area (Å²) in [7, 11) is 0. The second-order valence-corrected chi connectivity index (χ2v) is 12.2. The van der Waals surface area contributed by atoms with Crippen molar-refractivity contribution >= 4 is 91.1 Å². The molecule has 5 rings (SSSR count). The number of aryl methyl sites for hydroxylation is 1. The number of thioether (sulfide) groups is 1. The molecule has 216 valence electrons. The van der Waals surface area contributed by atoms with Crippen molar-refractivity contribution in [2.24, 2.45) is 0 Å². The van der Waals surface area contributed by atoms with Crippen LogP contribution in [0.2, 0.25) is 10.0 Å². The number of nitrogens with one attached hydrogen (secondary N) is 3. The van der Waals surface area contributed by atoms with Crippen LogP contribution in [0.15, 0.2) is 102 Å². The largest absolute Gasteiger partial charge is 0.321 e. The number of fused-ring (bicyclic) bond motifs is 1. The Hall–Kier alpha value is -4.15. The molecule has 43 heavy (non-hydrogen) atoms. The van der Waals surface area contributed by atoms with Crippen molar-refractivity contribution in [2.45, 2.75) is 11.8 Å². The fraction of sp³-hybridized carbons (Fsp3) is 0.0625. The molecule has 3 amide bonds. The SMILES string of the molecule is Cc1ccc2nc(NC(=O)CSc3ccc(NC(=O)/C(=C/c4c(Cl)cccc4Cl)NC(=O)c4ccccc4)cc3)sc2c1. The summed E-state index contributed by atoms with van der Waals surface area (Å²) < 4.78 is 1.02. The Morgan fingerprint density at radius 1 is 0.884 bits per heavy atom. The molecule has 0 spiro atoms. The third-order valence-electron chi connectivity index (χ3n) is 6.09. The first kappa shape index (κ1) is 30.3. The summed E-state index contributed by atoms with van der Waals surface area (Å²) in [6.45, 7) is 2.01. The Morgan fingerprint density at radius 3 is 2.33 bits per heavy atom. The molecule has 11 heteroatoms. The number of hydrogen-bond acceptors (Lipinski definition) is 6. The van der Waals surface area contributed by atoms with E-state index in [9.17, 15) is 14.4 Å². The van der Waals surface area contributed by atoms with Crippen molar-refractivity contribution in [1.82, 2.24) is 10.3 Å². The number of carbonyl (C=O) groups excluding carboxylic acids is 3. The van der Waals surface area contributed by atoms with Crippen LogP contribution in [0.5, 0.6) is 0 Å². The number of nitrogens with zero attached hydrogens (tertiary/aromatic N) is 1. The molecule has 0 aliphatic heterocycles. The summed E-state index contributed by atoms with van der Waals surface area (Å²) in [4.78, 5) is 44.0. The molecule has 3 N–H and O–H groups in total. The number of anilines is 2. The van der Waals surface area contributed by atoms with E-state index in [2.05, 4.69) is 20.9 Å². The lowest BCUT2D eigenvalue weighted by molar-refractivity contribution is -0.114. The van der Waals surface area contributed by atoms with Crippen LogP contribution in [-0.2, 0) is 9.59 Å². The third-order valence-corrected chi connectivity index (χ3v) is 8.69. The van der Waals surface area contributed by atoms with Gasteiger partial charge in [-0.3, -0.25) is 14.4 Å². The van der Waals surface area contributed by atoms with Gasteiger partial charge in [-0.2, -0.15) is 0 Å². The average Bonchev–Trinajstić information content (AvgIpc) is 3.39. The first-order chi connectivity index (χ1) is 20.7. The van der Waals surface area contributed by atoms with Gasteiger partial charge in [0.1, 0.15) is 5.70 Å². The van der Waals surface area contributed by atoms with Crippen molar-refractivity contribution in [3.05, 3.63) is 123 Å². The molecule has 0 unspecified atom stereocenters. The first-order valence-corrected chi connectivity index (χ1v) is 15.5. The van der Waals surface area contributed by atoms with E-state index < -0.39 is 11.8 Å². The normalized spacial score (nSPS) is 11.3. The predicted octanol–water partition coefficient (Wildman–Crippen LogP) is 8.05. The van der Waals surface area contributed by atoms with E-state index >= 15 is 0 Å². The number of halogens is 2. The first-order valence-electron chi connectivity index (χ1n) is 13.0. The summed E-state index contributed by atoms with van der Waals surface area (Å²) in [5.74, 6) is -1.000. The molecule has 1 aromatic heterocycles. The van der Waals surface area contributed by atoms with Crippen LogP contribution in [0.4, 0.5) is 10.8 Å². The van der Waals surface area contributed by atoms with E-state index in [4.69, 9.17) is 23.2 Å². The van der Waals surface area contributed by atoms with Gasteiger partial charge in [0.25, 0.3) is 11.8 Å². The molecule has 0 saturated carbocycles. The molecular weight excluding hydrogens is 623 g/mol. The van der Waals surface area contributed by atoms with Crippen LogP contribution in [0, 0.1) is 6.92 Å². The zero-order valence-corrected chi connectivity index (χ0v) is 25.8. The molecule has 4 aromatic carbocycles. The molecule has 7 nitrogen and oxygen atoms in total. The molecule has 0 atom stereocenters. The quantitative estimate of drug-likeness (QED) is 0.111. The molecule has 0 bridgehead atoms. The van der Waals surface area contributed by atoms with Gasteiger partial charge in [0.15, 0.2) is 5.13 Å². The number of hydrogen-bond donors (Lipinski definition) is 3. The van der Waals surface area contributed by atoms with Gasteiger partial charge in [0.2, 0.25) is 5.91 Å². The maximum absolute atomic E-state index is 13.3. The Kier molecular flexibility index (Phi) is 9.79. The van der Waals surface area contributed by atoms with E-state index in [1.54, 1.807) is 72.8 Å². The highest BCUT2D eigenvalue weighted by atomic mass is 35.5. The number of amides is 3. The smallest absolute Gasteiger partial charge is 0.272 e. The highest BCUT2D eigenvalue weighted by Gasteiger charge is 2.17. The number of rotatable bonds is 9. The molecule has 0 aliphatic rings. The van der Waals surface area contributed by atoms with Gasteiger partial charge in [-0.1, -0.05) is 64.9 Å². The molecule has 0 radical (unpaired) electrons. The highest BCUT2D eigenvalue weighted by Crippen LogP contribution is 2.28. The molecule has 0 aliphatic carbocycles. The Balaban J connectivity index is 1.23. The summed E-state index contributed by atoms with van der Waals surface area (Å²) in [6.07, 6.45) is 1.44. The number of aromatic nitrogens is 1. The second-order valence-electron chi connectivity index (χ2n) is 9.32. The lowest BCUT2D eigenvalue weighted by atomic mass is 10.1. The van der Waals surface area contributed by atoms with Gasteiger partial charge in [-0.05, 0) is 79.2 Å². The van der Waals surface area contributed by atoms with Gasteiger partial charge in [-0.25, -0.2) is 4.98 Å². The van der Waals surface area contributed by atoms with Crippen LogP contribution in [-0.4, -0.2) is 28.5 Å². The minimum Gasteiger partial charge on any atom is -0.321 e. The Morgan fingerprint density at radius 2 is 1.60 bits per heavy atom. The van der Waals surface area contributed by atoms with E-state index in [1.165, 1.54) is 29.2 Å². The van der Waals surface area contributed by atoms with Crippen LogP contribution < -0.4 is 16.0 Å². The summed E-state index contributed by atoms with van der Waals surface area (Å²) in [5, 5.41) is 9.54. The van der Waals surface area contributed by atoms with Crippen LogP contribution in [0.1, 0.15) is 21.5 Å². The van der Waals surface area contributed by atoms with E-state index in [-0.39, 0.29) is 17.4 Å². The van der Waals surface area contributed by atoms with Crippen LogP contribution in [0.25, 0.3) is 16.3 Å². The van der Waals surface area contributed by atoms with Crippen molar-refractivity contribution < 1.29 is 14.4 Å².